The number of rotatable bonds is 2. The summed E-state index contributed by atoms with van der Waals surface area (Å²) in [5.41, 5.74) is 11.3. The van der Waals surface area contributed by atoms with Gasteiger partial charge in [-0.3, -0.25) is 4.79 Å². The number of nitrogens with two attached hydrogens (primary N) is 2. The molecule has 2 aromatic rings. The predicted octanol–water partition coefficient (Wildman–Crippen LogP) is 2.31. The standard InChI is InChI=1S/C13H10F2N2O/c14-11-6-8(13(17)18)5-10(12(11)15)7-2-1-3-9(16)4-7/h1-6H,16H2,(H2,17,18). The fraction of sp³-hybridized carbons (Fsp3) is 0. The van der Waals surface area contributed by atoms with Crippen LogP contribution >= 0.6 is 0 Å². The van der Waals surface area contributed by atoms with E-state index in [2.05, 4.69) is 0 Å². The Morgan fingerprint density at radius 1 is 1.11 bits per heavy atom. The van der Waals surface area contributed by atoms with Gasteiger partial charge in [0, 0.05) is 16.8 Å². The molecule has 4 N–H and O–H groups in total. The summed E-state index contributed by atoms with van der Waals surface area (Å²) >= 11 is 0. The van der Waals surface area contributed by atoms with Crippen LogP contribution in [0.2, 0.25) is 0 Å². The molecule has 0 bridgehead atoms. The van der Waals surface area contributed by atoms with Gasteiger partial charge in [0.2, 0.25) is 5.91 Å². The maximum absolute atomic E-state index is 13.7. The summed E-state index contributed by atoms with van der Waals surface area (Å²) in [5, 5.41) is 0. The third kappa shape index (κ3) is 2.15. The summed E-state index contributed by atoms with van der Waals surface area (Å²) in [4.78, 5) is 11.0. The molecule has 92 valence electrons. The van der Waals surface area contributed by atoms with Crippen LogP contribution in [0.15, 0.2) is 36.4 Å². The maximum atomic E-state index is 13.7. The van der Waals surface area contributed by atoms with Crippen LogP contribution in [0, 0.1) is 11.6 Å². The van der Waals surface area contributed by atoms with Gasteiger partial charge in [-0.15, -0.1) is 0 Å². The molecule has 5 heteroatoms. The van der Waals surface area contributed by atoms with E-state index in [1.165, 1.54) is 12.1 Å². The highest BCUT2D eigenvalue weighted by atomic mass is 19.2. The van der Waals surface area contributed by atoms with E-state index < -0.39 is 17.5 Å². The Kier molecular flexibility index (Phi) is 2.97. The van der Waals surface area contributed by atoms with Crippen LogP contribution in [0.3, 0.4) is 0 Å². The lowest BCUT2D eigenvalue weighted by Crippen LogP contribution is -2.12. The number of hydrogen-bond donors (Lipinski definition) is 2. The number of carbonyl (C=O) groups is 1. The lowest BCUT2D eigenvalue weighted by Gasteiger charge is -2.07. The van der Waals surface area contributed by atoms with Crippen LogP contribution in [-0.2, 0) is 0 Å². The van der Waals surface area contributed by atoms with Crippen LogP contribution in [0.5, 0.6) is 0 Å². The lowest BCUT2D eigenvalue weighted by atomic mass is 10.0. The molecular formula is C13H10F2N2O. The fourth-order valence-electron chi connectivity index (χ4n) is 1.65. The van der Waals surface area contributed by atoms with Gasteiger partial charge >= 0.3 is 0 Å². The zero-order valence-corrected chi connectivity index (χ0v) is 9.28. The summed E-state index contributed by atoms with van der Waals surface area (Å²) in [7, 11) is 0. The van der Waals surface area contributed by atoms with E-state index in [4.69, 9.17) is 11.5 Å². The van der Waals surface area contributed by atoms with Gasteiger partial charge in [-0.2, -0.15) is 0 Å². The average Bonchev–Trinajstić information content (AvgIpc) is 2.32. The van der Waals surface area contributed by atoms with Crippen molar-refractivity contribution in [3.8, 4) is 11.1 Å². The molecule has 0 fully saturated rings. The number of amides is 1. The Hall–Kier alpha value is -2.43. The molecule has 0 radical (unpaired) electrons. The molecule has 0 unspecified atom stereocenters. The van der Waals surface area contributed by atoms with Gasteiger partial charge in [-0.25, -0.2) is 8.78 Å². The van der Waals surface area contributed by atoms with E-state index in [-0.39, 0.29) is 11.1 Å². The van der Waals surface area contributed by atoms with Crippen molar-refractivity contribution in [3.05, 3.63) is 53.6 Å². The van der Waals surface area contributed by atoms with E-state index in [9.17, 15) is 13.6 Å². The summed E-state index contributed by atoms with van der Waals surface area (Å²) in [5.74, 6) is -2.98. The topological polar surface area (TPSA) is 69.1 Å². The molecule has 0 aliphatic carbocycles. The van der Waals surface area contributed by atoms with Gasteiger partial charge in [0.05, 0.1) is 0 Å². The van der Waals surface area contributed by atoms with E-state index in [1.807, 2.05) is 0 Å². The first-order valence-electron chi connectivity index (χ1n) is 5.14. The first-order valence-corrected chi connectivity index (χ1v) is 5.14. The van der Waals surface area contributed by atoms with Crippen molar-refractivity contribution in [2.24, 2.45) is 5.73 Å². The Labute approximate surface area is 102 Å². The number of hydrogen-bond acceptors (Lipinski definition) is 2. The first-order chi connectivity index (χ1) is 8.49. The number of primary amides is 1. The van der Waals surface area contributed by atoms with Crippen molar-refractivity contribution in [1.82, 2.24) is 0 Å². The molecule has 3 nitrogen and oxygen atoms in total. The SMILES string of the molecule is NC(=O)c1cc(F)c(F)c(-c2cccc(N)c2)c1. The largest absolute Gasteiger partial charge is 0.399 e. The molecule has 1 amide bonds. The Bertz CT molecular complexity index is 626. The Morgan fingerprint density at radius 2 is 1.83 bits per heavy atom. The molecule has 0 spiro atoms. The minimum Gasteiger partial charge on any atom is -0.399 e. The molecular weight excluding hydrogens is 238 g/mol. The summed E-state index contributed by atoms with van der Waals surface area (Å²) < 4.78 is 27.1. The highest BCUT2D eigenvalue weighted by Gasteiger charge is 2.14. The lowest BCUT2D eigenvalue weighted by molar-refractivity contribution is 0.1000. The molecule has 0 heterocycles. The van der Waals surface area contributed by atoms with E-state index in [0.29, 0.717) is 11.3 Å². The van der Waals surface area contributed by atoms with Gasteiger partial charge in [0.15, 0.2) is 11.6 Å². The third-order valence-corrected chi connectivity index (χ3v) is 2.51. The monoisotopic (exact) mass is 248 g/mol. The van der Waals surface area contributed by atoms with Crippen LogP contribution in [0.1, 0.15) is 10.4 Å². The molecule has 2 rings (SSSR count). The van der Waals surface area contributed by atoms with Crippen molar-refractivity contribution < 1.29 is 13.6 Å². The van der Waals surface area contributed by atoms with E-state index in [0.717, 1.165) is 6.07 Å². The van der Waals surface area contributed by atoms with Crippen molar-refractivity contribution in [1.29, 1.82) is 0 Å². The van der Waals surface area contributed by atoms with Gasteiger partial charge in [-0.05, 0) is 29.8 Å². The maximum Gasteiger partial charge on any atom is 0.248 e. The molecule has 18 heavy (non-hydrogen) atoms. The molecule has 0 saturated carbocycles. The number of benzene rings is 2. The zero-order chi connectivity index (χ0) is 13.3. The van der Waals surface area contributed by atoms with Crippen molar-refractivity contribution >= 4 is 11.6 Å². The molecule has 2 aromatic carbocycles. The van der Waals surface area contributed by atoms with Crippen LogP contribution in [0.4, 0.5) is 14.5 Å². The second-order valence-electron chi connectivity index (χ2n) is 3.81. The average molecular weight is 248 g/mol. The number of carbonyl (C=O) groups excluding carboxylic acids is 1. The van der Waals surface area contributed by atoms with E-state index >= 15 is 0 Å². The zero-order valence-electron chi connectivity index (χ0n) is 9.28. The quantitative estimate of drug-likeness (QED) is 0.801. The Morgan fingerprint density at radius 3 is 2.44 bits per heavy atom. The predicted molar refractivity (Wildman–Crippen MR) is 64.7 cm³/mol. The minimum atomic E-state index is -1.12. The van der Waals surface area contributed by atoms with E-state index in [1.54, 1.807) is 18.2 Å². The molecule has 0 aliphatic heterocycles. The third-order valence-electron chi connectivity index (χ3n) is 2.51. The summed E-state index contributed by atoms with van der Waals surface area (Å²) in [6.45, 7) is 0. The van der Waals surface area contributed by atoms with Gasteiger partial charge < -0.3 is 11.5 Å². The number of nitrogen functional groups attached to an aromatic ring is 1. The molecule has 0 saturated heterocycles. The second-order valence-corrected chi connectivity index (χ2v) is 3.81. The first kappa shape index (κ1) is 12.0. The fourth-order valence-corrected chi connectivity index (χ4v) is 1.65. The smallest absolute Gasteiger partial charge is 0.248 e. The molecule has 0 aliphatic rings. The summed E-state index contributed by atoms with van der Waals surface area (Å²) in [6.07, 6.45) is 0. The van der Waals surface area contributed by atoms with Crippen molar-refractivity contribution in [2.45, 2.75) is 0 Å². The van der Waals surface area contributed by atoms with Crippen molar-refractivity contribution in [2.75, 3.05) is 5.73 Å². The Balaban J connectivity index is 2.66. The van der Waals surface area contributed by atoms with Gasteiger partial charge in [0.25, 0.3) is 0 Å². The van der Waals surface area contributed by atoms with Crippen molar-refractivity contribution in [3.63, 3.8) is 0 Å². The van der Waals surface area contributed by atoms with Gasteiger partial charge in [-0.1, -0.05) is 12.1 Å². The highest BCUT2D eigenvalue weighted by Crippen LogP contribution is 2.27. The minimum absolute atomic E-state index is 0.0453. The normalized spacial score (nSPS) is 10.3. The van der Waals surface area contributed by atoms with Gasteiger partial charge in [0.1, 0.15) is 0 Å². The number of halogens is 2. The molecule has 0 aromatic heterocycles. The second kappa shape index (κ2) is 4.44. The van der Waals surface area contributed by atoms with Crippen LogP contribution in [0.25, 0.3) is 11.1 Å². The van der Waals surface area contributed by atoms with Crippen LogP contribution in [-0.4, -0.2) is 5.91 Å². The highest BCUT2D eigenvalue weighted by molar-refractivity contribution is 5.94. The summed E-state index contributed by atoms with van der Waals surface area (Å²) in [6, 6.07) is 8.26. The number of anilines is 1. The van der Waals surface area contributed by atoms with Crippen LogP contribution < -0.4 is 11.5 Å². The molecule has 0 atom stereocenters.